The monoisotopic (exact) mass is 207 g/mol. The summed E-state index contributed by atoms with van der Waals surface area (Å²) in [5.74, 6) is 0.348. The number of nitrogens with zero attached hydrogens (tertiary/aromatic N) is 1. The van der Waals surface area contributed by atoms with Gasteiger partial charge in [0, 0.05) is 19.7 Å². The molecular formula is C13H21NO. The SMILES string of the molecule is Cc1ccc(CN(C)CC(C)CO)cc1. The summed E-state index contributed by atoms with van der Waals surface area (Å²) in [5, 5.41) is 8.96. The lowest BCUT2D eigenvalue weighted by Crippen LogP contribution is -2.25. The van der Waals surface area contributed by atoms with Crippen LogP contribution in [-0.2, 0) is 6.54 Å². The molecule has 0 saturated carbocycles. The molecule has 84 valence electrons. The standard InChI is InChI=1S/C13H21NO/c1-11-4-6-13(7-5-11)9-14(3)8-12(2)10-15/h4-7,12,15H,8-10H2,1-3H3. The smallest absolute Gasteiger partial charge is 0.0468 e. The first-order valence-corrected chi connectivity index (χ1v) is 5.46. The molecule has 0 fully saturated rings. The zero-order valence-corrected chi connectivity index (χ0v) is 9.90. The fraction of sp³-hybridized carbons (Fsp3) is 0.538. The summed E-state index contributed by atoms with van der Waals surface area (Å²) in [6.07, 6.45) is 0. The van der Waals surface area contributed by atoms with Crippen molar-refractivity contribution in [3.05, 3.63) is 35.4 Å². The minimum atomic E-state index is 0.262. The van der Waals surface area contributed by atoms with Gasteiger partial charge in [-0.2, -0.15) is 0 Å². The van der Waals surface area contributed by atoms with E-state index in [1.165, 1.54) is 11.1 Å². The predicted octanol–water partition coefficient (Wildman–Crippen LogP) is 2.06. The van der Waals surface area contributed by atoms with Crippen molar-refractivity contribution in [2.45, 2.75) is 20.4 Å². The summed E-state index contributed by atoms with van der Waals surface area (Å²) >= 11 is 0. The van der Waals surface area contributed by atoms with E-state index in [9.17, 15) is 0 Å². The molecule has 0 aliphatic heterocycles. The maximum Gasteiger partial charge on any atom is 0.0468 e. The molecule has 0 aliphatic carbocycles. The van der Waals surface area contributed by atoms with Crippen molar-refractivity contribution in [2.75, 3.05) is 20.2 Å². The maximum absolute atomic E-state index is 8.96. The van der Waals surface area contributed by atoms with Gasteiger partial charge < -0.3 is 10.0 Å². The highest BCUT2D eigenvalue weighted by Crippen LogP contribution is 2.07. The van der Waals surface area contributed by atoms with E-state index in [0.717, 1.165) is 13.1 Å². The molecule has 0 spiro atoms. The van der Waals surface area contributed by atoms with Gasteiger partial charge in [0.15, 0.2) is 0 Å². The third kappa shape index (κ3) is 4.45. The fourth-order valence-electron chi connectivity index (χ4n) is 1.66. The van der Waals surface area contributed by atoms with Crippen molar-refractivity contribution >= 4 is 0 Å². The Hall–Kier alpha value is -0.860. The molecule has 0 radical (unpaired) electrons. The van der Waals surface area contributed by atoms with Gasteiger partial charge in [-0.05, 0) is 25.5 Å². The largest absolute Gasteiger partial charge is 0.396 e. The van der Waals surface area contributed by atoms with Crippen molar-refractivity contribution in [2.24, 2.45) is 5.92 Å². The van der Waals surface area contributed by atoms with Crippen molar-refractivity contribution in [3.63, 3.8) is 0 Å². The summed E-state index contributed by atoms with van der Waals surface area (Å²) in [4.78, 5) is 2.24. The van der Waals surface area contributed by atoms with Gasteiger partial charge in [0.2, 0.25) is 0 Å². The third-order valence-corrected chi connectivity index (χ3v) is 2.51. The lowest BCUT2D eigenvalue weighted by molar-refractivity contribution is 0.188. The van der Waals surface area contributed by atoms with Gasteiger partial charge in [0.25, 0.3) is 0 Å². The summed E-state index contributed by atoms with van der Waals surface area (Å²) in [5.41, 5.74) is 2.62. The number of aliphatic hydroxyl groups excluding tert-OH is 1. The molecule has 1 rings (SSSR count). The number of hydrogen-bond donors (Lipinski definition) is 1. The van der Waals surface area contributed by atoms with E-state index < -0.39 is 0 Å². The van der Waals surface area contributed by atoms with Crippen LogP contribution in [-0.4, -0.2) is 30.2 Å². The summed E-state index contributed by atoms with van der Waals surface area (Å²) < 4.78 is 0. The summed E-state index contributed by atoms with van der Waals surface area (Å²) in [7, 11) is 2.09. The van der Waals surface area contributed by atoms with Crippen LogP contribution in [0.3, 0.4) is 0 Å². The number of hydrogen-bond acceptors (Lipinski definition) is 2. The Morgan fingerprint density at radius 2 is 1.87 bits per heavy atom. The zero-order valence-electron chi connectivity index (χ0n) is 9.90. The van der Waals surface area contributed by atoms with Gasteiger partial charge in [-0.25, -0.2) is 0 Å². The molecular weight excluding hydrogens is 186 g/mol. The molecule has 1 unspecified atom stereocenters. The Labute approximate surface area is 92.5 Å². The van der Waals surface area contributed by atoms with Crippen molar-refractivity contribution < 1.29 is 5.11 Å². The van der Waals surface area contributed by atoms with E-state index in [0.29, 0.717) is 5.92 Å². The van der Waals surface area contributed by atoms with E-state index in [-0.39, 0.29) is 6.61 Å². The van der Waals surface area contributed by atoms with E-state index in [4.69, 9.17) is 5.11 Å². The molecule has 0 saturated heterocycles. The van der Waals surface area contributed by atoms with Crippen LogP contribution in [0, 0.1) is 12.8 Å². The minimum absolute atomic E-state index is 0.262. The second-order valence-corrected chi connectivity index (χ2v) is 4.47. The molecule has 2 heteroatoms. The summed E-state index contributed by atoms with van der Waals surface area (Å²) in [6, 6.07) is 8.60. The average Bonchev–Trinajstić information content (AvgIpc) is 2.21. The molecule has 1 aromatic rings. The van der Waals surface area contributed by atoms with E-state index in [1.807, 2.05) is 0 Å². The van der Waals surface area contributed by atoms with Gasteiger partial charge in [-0.1, -0.05) is 36.8 Å². The quantitative estimate of drug-likeness (QED) is 0.799. The Morgan fingerprint density at radius 3 is 2.40 bits per heavy atom. The Bertz CT molecular complexity index is 281. The molecule has 0 bridgehead atoms. The van der Waals surface area contributed by atoms with Crippen LogP contribution in [0.5, 0.6) is 0 Å². The van der Waals surface area contributed by atoms with Crippen molar-refractivity contribution in [1.82, 2.24) is 4.90 Å². The van der Waals surface area contributed by atoms with E-state index in [1.54, 1.807) is 0 Å². The molecule has 1 atom stereocenters. The number of benzene rings is 1. The highest BCUT2D eigenvalue weighted by Gasteiger charge is 2.05. The van der Waals surface area contributed by atoms with Crippen LogP contribution in [0.2, 0.25) is 0 Å². The van der Waals surface area contributed by atoms with Crippen molar-refractivity contribution in [1.29, 1.82) is 0 Å². The second kappa shape index (κ2) is 5.89. The van der Waals surface area contributed by atoms with E-state index in [2.05, 4.69) is 50.1 Å². The number of aliphatic hydroxyl groups is 1. The molecule has 1 aromatic carbocycles. The Balaban J connectivity index is 2.44. The first kappa shape index (κ1) is 12.2. The lowest BCUT2D eigenvalue weighted by Gasteiger charge is -2.20. The Morgan fingerprint density at radius 1 is 1.27 bits per heavy atom. The summed E-state index contributed by atoms with van der Waals surface area (Å²) in [6.45, 7) is 6.31. The van der Waals surface area contributed by atoms with Gasteiger partial charge in [0.05, 0.1) is 0 Å². The molecule has 1 N–H and O–H groups in total. The van der Waals surface area contributed by atoms with Crippen LogP contribution in [0.1, 0.15) is 18.1 Å². The van der Waals surface area contributed by atoms with Crippen LogP contribution in [0.4, 0.5) is 0 Å². The normalized spacial score (nSPS) is 13.1. The topological polar surface area (TPSA) is 23.5 Å². The van der Waals surface area contributed by atoms with Crippen molar-refractivity contribution in [3.8, 4) is 0 Å². The molecule has 0 aromatic heterocycles. The molecule has 15 heavy (non-hydrogen) atoms. The first-order chi connectivity index (χ1) is 7.11. The molecule has 0 aliphatic rings. The van der Waals surface area contributed by atoms with Crippen LogP contribution in [0.25, 0.3) is 0 Å². The predicted molar refractivity (Wildman–Crippen MR) is 63.8 cm³/mol. The number of aryl methyl sites for hydroxylation is 1. The molecule has 0 heterocycles. The van der Waals surface area contributed by atoms with E-state index >= 15 is 0 Å². The van der Waals surface area contributed by atoms with Crippen LogP contribution < -0.4 is 0 Å². The molecule has 2 nitrogen and oxygen atoms in total. The highest BCUT2D eigenvalue weighted by atomic mass is 16.3. The van der Waals surface area contributed by atoms with Crippen LogP contribution in [0.15, 0.2) is 24.3 Å². The second-order valence-electron chi connectivity index (χ2n) is 4.47. The lowest BCUT2D eigenvalue weighted by atomic mass is 10.1. The minimum Gasteiger partial charge on any atom is -0.396 e. The number of rotatable bonds is 5. The van der Waals surface area contributed by atoms with Gasteiger partial charge in [-0.3, -0.25) is 0 Å². The zero-order chi connectivity index (χ0) is 11.3. The maximum atomic E-state index is 8.96. The Kier molecular flexibility index (Phi) is 4.79. The van der Waals surface area contributed by atoms with Crippen LogP contribution >= 0.6 is 0 Å². The molecule has 0 amide bonds. The van der Waals surface area contributed by atoms with Gasteiger partial charge in [0.1, 0.15) is 0 Å². The average molecular weight is 207 g/mol. The van der Waals surface area contributed by atoms with Gasteiger partial charge in [-0.15, -0.1) is 0 Å². The fourth-order valence-corrected chi connectivity index (χ4v) is 1.66. The third-order valence-electron chi connectivity index (χ3n) is 2.51. The van der Waals surface area contributed by atoms with Gasteiger partial charge >= 0.3 is 0 Å². The highest BCUT2D eigenvalue weighted by molar-refractivity contribution is 5.21. The first-order valence-electron chi connectivity index (χ1n) is 5.46.